The number of thiazole rings is 1. The van der Waals surface area contributed by atoms with Crippen molar-refractivity contribution in [3.05, 3.63) is 39.4 Å². The standard InChI is InChI=1S/C14H17N5S2/c1-10-8-15-13(21-10)5-6-19(2)9-12-16-14(18-17-12)11-4-3-7-20-11/h3-4,7-8H,5-6,9H2,1-2H3,(H,16,17,18). The molecule has 0 spiro atoms. The molecular weight excluding hydrogens is 302 g/mol. The van der Waals surface area contributed by atoms with Gasteiger partial charge in [0, 0.05) is 24.0 Å². The van der Waals surface area contributed by atoms with E-state index in [9.17, 15) is 0 Å². The first-order valence-electron chi connectivity index (χ1n) is 6.76. The summed E-state index contributed by atoms with van der Waals surface area (Å²) in [5.74, 6) is 1.68. The topological polar surface area (TPSA) is 57.7 Å². The monoisotopic (exact) mass is 319 g/mol. The molecule has 3 aromatic heterocycles. The number of likely N-dealkylation sites (N-methyl/N-ethyl adjacent to an activating group) is 1. The highest BCUT2D eigenvalue weighted by atomic mass is 32.1. The van der Waals surface area contributed by atoms with Crippen LogP contribution in [0.4, 0.5) is 0 Å². The van der Waals surface area contributed by atoms with E-state index in [0.717, 1.165) is 36.0 Å². The number of nitrogens with zero attached hydrogens (tertiary/aromatic N) is 4. The lowest BCUT2D eigenvalue weighted by Crippen LogP contribution is -2.21. The van der Waals surface area contributed by atoms with Gasteiger partial charge in [-0.2, -0.15) is 5.10 Å². The second-order valence-electron chi connectivity index (χ2n) is 4.94. The van der Waals surface area contributed by atoms with Crippen LogP contribution in [0.25, 0.3) is 10.7 Å². The summed E-state index contributed by atoms with van der Waals surface area (Å²) >= 11 is 3.42. The van der Waals surface area contributed by atoms with Gasteiger partial charge in [0.25, 0.3) is 0 Å². The molecule has 0 radical (unpaired) electrons. The molecule has 0 saturated carbocycles. The van der Waals surface area contributed by atoms with Crippen LogP contribution in [-0.4, -0.2) is 38.7 Å². The number of aryl methyl sites for hydroxylation is 1. The van der Waals surface area contributed by atoms with E-state index in [-0.39, 0.29) is 0 Å². The average Bonchev–Trinajstić information content (AvgIpc) is 3.16. The molecule has 0 aliphatic rings. The summed E-state index contributed by atoms with van der Waals surface area (Å²) in [5, 5.41) is 10.5. The van der Waals surface area contributed by atoms with Crippen molar-refractivity contribution < 1.29 is 0 Å². The molecule has 3 rings (SSSR count). The zero-order chi connectivity index (χ0) is 14.7. The van der Waals surface area contributed by atoms with Gasteiger partial charge in [-0.15, -0.1) is 22.7 Å². The van der Waals surface area contributed by atoms with Gasteiger partial charge < -0.3 is 0 Å². The minimum absolute atomic E-state index is 0.767. The molecule has 0 unspecified atom stereocenters. The highest BCUT2D eigenvalue weighted by Gasteiger charge is 2.09. The lowest BCUT2D eigenvalue weighted by Gasteiger charge is -2.13. The van der Waals surface area contributed by atoms with Gasteiger partial charge >= 0.3 is 0 Å². The summed E-state index contributed by atoms with van der Waals surface area (Å²) in [4.78, 5) is 13.5. The molecule has 0 bridgehead atoms. The molecular formula is C14H17N5S2. The van der Waals surface area contributed by atoms with Crippen molar-refractivity contribution in [2.45, 2.75) is 19.9 Å². The zero-order valence-corrected chi connectivity index (χ0v) is 13.7. The molecule has 0 aliphatic heterocycles. The Kier molecular flexibility index (Phi) is 4.42. The first-order chi connectivity index (χ1) is 10.2. The number of nitrogens with one attached hydrogen (secondary N) is 1. The molecule has 110 valence electrons. The third-order valence-electron chi connectivity index (χ3n) is 3.07. The normalized spacial score (nSPS) is 11.4. The summed E-state index contributed by atoms with van der Waals surface area (Å²) in [6.45, 7) is 3.82. The van der Waals surface area contributed by atoms with Gasteiger partial charge in [0.1, 0.15) is 5.82 Å². The van der Waals surface area contributed by atoms with Gasteiger partial charge in [0.15, 0.2) is 5.82 Å². The largest absolute Gasteiger partial charge is 0.299 e. The van der Waals surface area contributed by atoms with E-state index in [4.69, 9.17) is 0 Å². The maximum atomic E-state index is 4.54. The van der Waals surface area contributed by atoms with Crippen LogP contribution in [0.5, 0.6) is 0 Å². The van der Waals surface area contributed by atoms with Crippen molar-refractivity contribution in [2.24, 2.45) is 0 Å². The number of aromatic amines is 1. The van der Waals surface area contributed by atoms with Crippen molar-refractivity contribution in [2.75, 3.05) is 13.6 Å². The van der Waals surface area contributed by atoms with Crippen molar-refractivity contribution in [3.63, 3.8) is 0 Å². The van der Waals surface area contributed by atoms with E-state index in [1.165, 1.54) is 9.88 Å². The Morgan fingerprint density at radius 3 is 3.00 bits per heavy atom. The van der Waals surface area contributed by atoms with E-state index in [2.05, 4.69) is 39.0 Å². The third-order valence-corrected chi connectivity index (χ3v) is 4.91. The van der Waals surface area contributed by atoms with E-state index < -0.39 is 0 Å². The maximum Gasteiger partial charge on any atom is 0.191 e. The van der Waals surface area contributed by atoms with Gasteiger partial charge in [-0.3, -0.25) is 10.00 Å². The molecule has 3 aromatic rings. The Morgan fingerprint density at radius 2 is 2.29 bits per heavy atom. The first kappa shape index (κ1) is 14.4. The van der Waals surface area contributed by atoms with Crippen LogP contribution in [0, 0.1) is 6.92 Å². The predicted octanol–water partition coefficient (Wildman–Crippen LogP) is 2.97. The molecule has 0 fully saturated rings. The minimum Gasteiger partial charge on any atom is -0.299 e. The second-order valence-corrected chi connectivity index (χ2v) is 7.20. The summed E-state index contributed by atoms with van der Waals surface area (Å²) in [5.41, 5.74) is 0. The third kappa shape index (κ3) is 3.75. The Balaban J connectivity index is 1.54. The maximum absolute atomic E-state index is 4.54. The minimum atomic E-state index is 0.767. The lowest BCUT2D eigenvalue weighted by molar-refractivity contribution is 0.323. The van der Waals surface area contributed by atoms with Gasteiger partial charge in [-0.25, -0.2) is 9.97 Å². The highest BCUT2D eigenvalue weighted by molar-refractivity contribution is 7.13. The number of thiophene rings is 1. The molecule has 0 aromatic carbocycles. The smallest absolute Gasteiger partial charge is 0.191 e. The molecule has 1 N–H and O–H groups in total. The molecule has 5 nitrogen and oxygen atoms in total. The Morgan fingerprint density at radius 1 is 1.38 bits per heavy atom. The van der Waals surface area contributed by atoms with Crippen LogP contribution in [-0.2, 0) is 13.0 Å². The molecule has 0 saturated heterocycles. The molecule has 0 amide bonds. The summed E-state index contributed by atoms with van der Waals surface area (Å²) < 4.78 is 0. The Labute approximate surface area is 131 Å². The zero-order valence-electron chi connectivity index (χ0n) is 12.0. The Hall–Kier alpha value is -1.57. The van der Waals surface area contributed by atoms with E-state index in [1.807, 2.05) is 23.7 Å². The fourth-order valence-corrected chi connectivity index (χ4v) is 3.45. The average molecular weight is 319 g/mol. The molecule has 21 heavy (non-hydrogen) atoms. The predicted molar refractivity (Wildman–Crippen MR) is 86.6 cm³/mol. The quantitative estimate of drug-likeness (QED) is 0.759. The molecule has 0 atom stereocenters. The number of rotatable bonds is 6. The molecule has 7 heteroatoms. The fraction of sp³-hybridized carbons (Fsp3) is 0.357. The summed E-state index contributed by atoms with van der Waals surface area (Å²) in [7, 11) is 2.09. The van der Waals surface area contributed by atoms with Gasteiger partial charge in [-0.05, 0) is 25.4 Å². The van der Waals surface area contributed by atoms with Gasteiger partial charge in [0.2, 0.25) is 0 Å². The fourth-order valence-electron chi connectivity index (χ4n) is 2.02. The van der Waals surface area contributed by atoms with E-state index in [0.29, 0.717) is 0 Å². The number of hydrogen-bond donors (Lipinski definition) is 1. The van der Waals surface area contributed by atoms with Crippen molar-refractivity contribution in [1.82, 2.24) is 25.1 Å². The van der Waals surface area contributed by atoms with Crippen LogP contribution in [0.2, 0.25) is 0 Å². The van der Waals surface area contributed by atoms with Crippen LogP contribution >= 0.6 is 22.7 Å². The van der Waals surface area contributed by atoms with E-state index in [1.54, 1.807) is 22.7 Å². The van der Waals surface area contributed by atoms with Gasteiger partial charge in [-0.1, -0.05) is 6.07 Å². The molecule has 3 heterocycles. The van der Waals surface area contributed by atoms with Crippen molar-refractivity contribution in [1.29, 1.82) is 0 Å². The van der Waals surface area contributed by atoms with Crippen LogP contribution < -0.4 is 0 Å². The van der Waals surface area contributed by atoms with Gasteiger partial charge in [0.05, 0.1) is 16.4 Å². The number of aromatic nitrogens is 4. The van der Waals surface area contributed by atoms with Crippen molar-refractivity contribution in [3.8, 4) is 10.7 Å². The summed E-state index contributed by atoms with van der Waals surface area (Å²) in [6.07, 6.45) is 2.91. The lowest BCUT2D eigenvalue weighted by atomic mass is 10.4. The van der Waals surface area contributed by atoms with Crippen LogP contribution in [0.15, 0.2) is 23.7 Å². The highest BCUT2D eigenvalue weighted by Crippen LogP contribution is 2.20. The first-order valence-corrected chi connectivity index (χ1v) is 8.45. The van der Waals surface area contributed by atoms with Crippen LogP contribution in [0.1, 0.15) is 15.7 Å². The number of hydrogen-bond acceptors (Lipinski definition) is 6. The summed E-state index contributed by atoms with van der Waals surface area (Å²) in [6, 6.07) is 4.05. The Bertz CT molecular complexity index is 686. The number of H-pyrrole nitrogens is 1. The molecule has 0 aliphatic carbocycles. The van der Waals surface area contributed by atoms with Crippen LogP contribution in [0.3, 0.4) is 0 Å². The van der Waals surface area contributed by atoms with E-state index >= 15 is 0 Å². The van der Waals surface area contributed by atoms with Crippen molar-refractivity contribution >= 4 is 22.7 Å². The second kappa shape index (κ2) is 6.46. The SMILES string of the molecule is Cc1cnc(CCN(C)Cc2nc(-c3cccs3)n[nH]2)s1.